The van der Waals surface area contributed by atoms with Crippen LogP contribution in [0.2, 0.25) is 0 Å². The second kappa shape index (κ2) is 8.37. The number of aromatic nitrogens is 4. The topological polar surface area (TPSA) is 50.1 Å². The van der Waals surface area contributed by atoms with Crippen LogP contribution in [-0.2, 0) is 6.67 Å². The van der Waals surface area contributed by atoms with Crippen molar-refractivity contribution in [2.45, 2.75) is 24.9 Å². The fraction of sp³-hybridized carbons (Fsp3) is 0.600. The first kappa shape index (κ1) is 17.8. The standard InChI is InChI=1S/C15H22N6S3/c1-12(2)10-23-14-18-21(15(22)24-14)11-19-6-8-20(9-7-19)13-16-4-3-5-17-13/h3-5,12H,6-11H2,1-2H3. The Labute approximate surface area is 155 Å². The summed E-state index contributed by atoms with van der Waals surface area (Å²) in [6.07, 6.45) is 3.58. The zero-order chi connectivity index (χ0) is 16.9. The minimum absolute atomic E-state index is 0.661. The summed E-state index contributed by atoms with van der Waals surface area (Å²) in [5.74, 6) is 2.56. The van der Waals surface area contributed by atoms with Gasteiger partial charge in [0, 0.05) is 44.3 Å². The summed E-state index contributed by atoms with van der Waals surface area (Å²) in [6.45, 7) is 8.99. The molecule has 3 rings (SSSR count). The Hall–Kier alpha value is -1.03. The van der Waals surface area contributed by atoms with Crippen molar-refractivity contribution in [3.05, 3.63) is 22.4 Å². The minimum Gasteiger partial charge on any atom is -0.338 e. The van der Waals surface area contributed by atoms with Gasteiger partial charge >= 0.3 is 0 Å². The molecule has 0 amide bonds. The Balaban J connectivity index is 1.54. The summed E-state index contributed by atoms with van der Waals surface area (Å²) >= 11 is 8.88. The highest BCUT2D eigenvalue weighted by Crippen LogP contribution is 2.24. The first-order valence-corrected chi connectivity index (χ1v) is 10.3. The van der Waals surface area contributed by atoms with Crippen molar-refractivity contribution < 1.29 is 0 Å². The van der Waals surface area contributed by atoms with Crippen molar-refractivity contribution in [3.8, 4) is 0 Å². The van der Waals surface area contributed by atoms with Crippen LogP contribution in [0.3, 0.4) is 0 Å². The molecule has 1 saturated heterocycles. The van der Waals surface area contributed by atoms with Gasteiger partial charge in [-0.2, -0.15) is 5.10 Å². The third-order valence-corrected chi connectivity index (χ3v) is 6.54. The maximum atomic E-state index is 5.47. The Kier molecular flexibility index (Phi) is 6.20. The van der Waals surface area contributed by atoms with Crippen molar-refractivity contribution in [2.24, 2.45) is 5.92 Å². The number of rotatable bonds is 6. The quantitative estimate of drug-likeness (QED) is 0.562. The van der Waals surface area contributed by atoms with E-state index in [2.05, 4.69) is 38.7 Å². The second-order valence-corrected chi connectivity index (χ2v) is 9.02. The lowest BCUT2D eigenvalue weighted by Crippen LogP contribution is -2.47. The molecule has 0 N–H and O–H groups in total. The molecular weight excluding hydrogens is 360 g/mol. The molecular formula is C15H22N6S3. The third-order valence-electron chi connectivity index (χ3n) is 3.67. The summed E-state index contributed by atoms with van der Waals surface area (Å²) in [7, 11) is 0. The fourth-order valence-corrected chi connectivity index (χ4v) is 4.70. The number of hydrogen-bond acceptors (Lipinski definition) is 8. The smallest absolute Gasteiger partial charge is 0.225 e. The molecule has 3 heterocycles. The first-order valence-electron chi connectivity index (χ1n) is 8.07. The predicted octanol–water partition coefficient (Wildman–Crippen LogP) is 2.99. The van der Waals surface area contributed by atoms with Crippen LogP contribution in [0.4, 0.5) is 5.95 Å². The van der Waals surface area contributed by atoms with Crippen LogP contribution >= 0.6 is 35.3 Å². The molecule has 0 atom stereocenters. The third kappa shape index (κ3) is 4.75. The largest absolute Gasteiger partial charge is 0.338 e. The van der Waals surface area contributed by atoms with Crippen molar-refractivity contribution >= 4 is 41.3 Å². The molecule has 2 aromatic rings. The molecule has 130 valence electrons. The normalized spacial score (nSPS) is 16.0. The molecule has 0 saturated carbocycles. The van der Waals surface area contributed by atoms with Crippen LogP contribution in [0.25, 0.3) is 0 Å². The summed E-state index contributed by atoms with van der Waals surface area (Å²) in [5, 5.41) is 4.67. The van der Waals surface area contributed by atoms with Crippen LogP contribution < -0.4 is 4.90 Å². The Bertz CT molecular complexity index is 691. The molecule has 0 aliphatic carbocycles. The van der Waals surface area contributed by atoms with Gasteiger partial charge in [0.1, 0.15) is 0 Å². The second-order valence-electron chi connectivity index (χ2n) is 6.13. The van der Waals surface area contributed by atoms with Crippen molar-refractivity contribution in [1.82, 2.24) is 24.6 Å². The van der Waals surface area contributed by atoms with E-state index >= 15 is 0 Å². The van der Waals surface area contributed by atoms with E-state index in [1.165, 1.54) is 0 Å². The maximum absolute atomic E-state index is 5.47. The minimum atomic E-state index is 0.661. The van der Waals surface area contributed by atoms with Crippen molar-refractivity contribution in [1.29, 1.82) is 0 Å². The van der Waals surface area contributed by atoms with Gasteiger partial charge in [-0.15, -0.1) is 0 Å². The van der Waals surface area contributed by atoms with Gasteiger partial charge in [0.05, 0.1) is 6.67 Å². The number of thioether (sulfide) groups is 1. The van der Waals surface area contributed by atoms with Crippen molar-refractivity contribution in [2.75, 3.05) is 36.8 Å². The number of nitrogens with zero attached hydrogens (tertiary/aromatic N) is 6. The summed E-state index contributed by atoms with van der Waals surface area (Å²) in [5.41, 5.74) is 0. The van der Waals surface area contributed by atoms with Crippen LogP contribution in [0.5, 0.6) is 0 Å². The number of anilines is 1. The maximum Gasteiger partial charge on any atom is 0.225 e. The van der Waals surface area contributed by atoms with Gasteiger partial charge in [-0.1, -0.05) is 36.9 Å². The van der Waals surface area contributed by atoms with E-state index in [0.717, 1.165) is 52.8 Å². The monoisotopic (exact) mass is 382 g/mol. The molecule has 0 radical (unpaired) electrons. The molecule has 1 fully saturated rings. The average Bonchev–Trinajstić information content (AvgIpc) is 2.94. The summed E-state index contributed by atoms with van der Waals surface area (Å²) < 4.78 is 3.89. The van der Waals surface area contributed by atoms with Crippen molar-refractivity contribution in [3.63, 3.8) is 0 Å². The zero-order valence-electron chi connectivity index (χ0n) is 14.0. The lowest BCUT2D eigenvalue weighted by Gasteiger charge is -2.34. The molecule has 24 heavy (non-hydrogen) atoms. The first-order chi connectivity index (χ1) is 11.6. The molecule has 6 nitrogen and oxygen atoms in total. The molecule has 2 aromatic heterocycles. The van der Waals surface area contributed by atoms with E-state index in [4.69, 9.17) is 12.2 Å². The highest BCUT2D eigenvalue weighted by atomic mass is 32.2. The average molecular weight is 383 g/mol. The summed E-state index contributed by atoms with van der Waals surface area (Å²) in [6, 6.07) is 1.85. The highest BCUT2D eigenvalue weighted by Gasteiger charge is 2.19. The van der Waals surface area contributed by atoms with E-state index < -0.39 is 0 Å². The van der Waals surface area contributed by atoms with E-state index in [1.54, 1.807) is 35.5 Å². The van der Waals surface area contributed by atoms with Gasteiger partial charge in [-0.3, -0.25) is 4.90 Å². The van der Waals surface area contributed by atoms with E-state index in [-0.39, 0.29) is 0 Å². The lowest BCUT2D eigenvalue weighted by molar-refractivity contribution is 0.193. The highest BCUT2D eigenvalue weighted by molar-refractivity contribution is 8.01. The van der Waals surface area contributed by atoms with Gasteiger partial charge in [0.2, 0.25) is 5.95 Å². The van der Waals surface area contributed by atoms with Crippen LogP contribution in [-0.4, -0.2) is 56.6 Å². The summed E-state index contributed by atoms with van der Waals surface area (Å²) in [4.78, 5) is 13.3. The zero-order valence-corrected chi connectivity index (χ0v) is 16.4. The fourth-order valence-electron chi connectivity index (χ4n) is 2.41. The van der Waals surface area contributed by atoms with E-state index in [0.29, 0.717) is 5.92 Å². The van der Waals surface area contributed by atoms with Gasteiger partial charge in [-0.05, 0) is 24.2 Å². The van der Waals surface area contributed by atoms with Crippen LogP contribution in [0, 0.1) is 9.87 Å². The molecule has 1 aliphatic rings. The number of piperazine rings is 1. The van der Waals surface area contributed by atoms with Gasteiger partial charge in [0.15, 0.2) is 8.29 Å². The Morgan fingerprint density at radius 3 is 2.58 bits per heavy atom. The molecule has 1 aliphatic heterocycles. The number of hydrogen-bond donors (Lipinski definition) is 0. The van der Waals surface area contributed by atoms with E-state index in [9.17, 15) is 0 Å². The Morgan fingerprint density at radius 1 is 1.21 bits per heavy atom. The van der Waals surface area contributed by atoms with E-state index in [1.807, 2.05) is 10.7 Å². The lowest BCUT2D eigenvalue weighted by atomic mass is 10.3. The molecule has 0 bridgehead atoms. The molecule has 9 heteroatoms. The van der Waals surface area contributed by atoms with Crippen LogP contribution in [0.1, 0.15) is 13.8 Å². The molecule has 0 unspecified atom stereocenters. The molecule has 0 aromatic carbocycles. The van der Waals surface area contributed by atoms with Gasteiger partial charge in [-0.25, -0.2) is 14.6 Å². The van der Waals surface area contributed by atoms with Crippen LogP contribution in [0.15, 0.2) is 22.8 Å². The Morgan fingerprint density at radius 2 is 1.92 bits per heavy atom. The predicted molar refractivity (Wildman–Crippen MR) is 102 cm³/mol. The SMILES string of the molecule is CC(C)CSc1nn(CN2CCN(c3ncccn3)CC2)c(=S)s1. The van der Waals surface area contributed by atoms with Gasteiger partial charge in [0.25, 0.3) is 0 Å². The van der Waals surface area contributed by atoms with Gasteiger partial charge < -0.3 is 4.90 Å². The molecule has 0 spiro atoms.